The third kappa shape index (κ3) is 3.34. The van der Waals surface area contributed by atoms with Gasteiger partial charge >= 0.3 is 0 Å². The van der Waals surface area contributed by atoms with Crippen LogP contribution in [-0.2, 0) is 0 Å². The first kappa shape index (κ1) is 17.8. The SMILES string of the molecule is O=C(c1nc2ccccc2s1)N1CCC(Oc2nc3c(Cl)cccc3s2)CC1. The molecule has 28 heavy (non-hydrogen) atoms. The second kappa shape index (κ2) is 7.31. The van der Waals surface area contributed by atoms with Crippen molar-refractivity contribution in [1.29, 1.82) is 0 Å². The molecule has 2 aromatic heterocycles. The fourth-order valence-corrected chi connectivity index (χ4v) is 5.48. The van der Waals surface area contributed by atoms with Gasteiger partial charge in [-0.3, -0.25) is 4.79 Å². The minimum absolute atomic E-state index is 0.00594. The highest BCUT2D eigenvalue weighted by Gasteiger charge is 2.27. The number of para-hydroxylation sites is 2. The summed E-state index contributed by atoms with van der Waals surface area (Å²) in [5.41, 5.74) is 1.66. The lowest BCUT2D eigenvalue weighted by molar-refractivity contribution is 0.0595. The Morgan fingerprint density at radius 3 is 2.61 bits per heavy atom. The number of benzene rings is 2. The second-order valence-electron chi connectivity index (χ2n) is 6.66. The lowest BCUT2D eigenvalue weighted by atomic mass is 10.1. The molecule has 0 N–H and O–H groups in total. The van der Waals surface area contributed by atoms with E-state index in [1.807, 2.05) is 47.4 Å². The number of hydrogen-bond donors (Lipinski definition) is 0. The number of piperidine rings is 1. The number of nitrogens with zero attached hydrogens (tertiary/aromatic N) is 3. The number of fused-ring (bicyclic) bond motifs is 2. The molecule has 8 heteroatoms. The van der Waals surface area contributed by atoms with Gasteiger partial charge in [-0.2, -0.15) is 0 Å². The largest absolute Gasteiger partial charge is 0.467 e. The molecule has 1 aliphatic rings. The third-order valence-corrected chi connectivity index (χ3v) is 7.06. The number of rotatable bonds is 3. The van der Waals surface area contributed by atoms with Gasteiger partial charge in [-0.1, -0.05) is 41.1 Å². The Labute approximate surface area is 174 Å². The summed E-state index contributed by atoms with van der Waals surface area (Å²) in [6.45, 7) is 1.32. The van der Waals surface area contributed by atoms with Gasteiger partial charge in [-0.25, -0.2) is 9.97 Å². The van der Waals surface area contributed by atoms with Gasteiger partial charge in [0.25, 0.3) is 11.1 Å². The Kier molecular flexibility index (Phi) is 4.66. The molecule has 3 heterocycles. The summed E-state index contributed by atoms with van der Waals surface area (Å²) < 4.78 is 8.13. The molecule has 1 fully saturated rings. The molecular formula is C20H16ClN3O2S2. The summed E-state index contributed by atoms with van der Waals surface area (Å²) in [5, 5.41) is 1.83. The van der Waals surface area contributed by atoms with E-state index in [2.05, 4.69) is 9.97 Å². The van der Waals surface area contributed by atoms with Crippen molar-refractivity contribution in [2.24, 2.45) is 0 Å². The van der Waals surface area contributed by atoms with Crippen LogP contribution >= 0.6 is 34.3 Å². The van der Waals surface area contributed by atoms with Crippen LogP contribution in [0.5, 0.6) is 5.19 Å². The molecule has 5 rings (SSSR count). The van der Waals surface area contributed by atoms with Crippen LogP contribution in [-0.4, -0.2) is 40.0 Å². The average molecular weight is 430 g/mol. The van der Waals surface area contributed by atoms with Gasteiger partial charge in [0.2, 0.25) is 0 Å². The van der Waals surface area contributed by atoms with E-state index in [0.717, 1.165) is 33.3 Å². The van der Waals surface area contributed by atoms with Gasteiger partial charge in [0.1, 0.15) is 11.6 Å². The molecule has 0 bridgehead atoms. The van der Waals surface area contributed by atoms with Crippen LogP contribution < -0.4 is 4.74 Å². The molecule has 1 aliphatic heterocycles. The summed E-state index contributed by atoms with van der Waals surface area (Å²) in [6, 6.07) is 13.6. The fraction of sp³-hybridized carbons (Fsp3) is 0.250. The number of aromatic nitrogens is 2. The lowest BCUT2D eigenvalue weighted by Gasteiger charge is -2.31. The summed E-state index contributed by atoms with van der Waals surface area (Å²) in [6.07, 6.45) is 1.61. The Bertz CT molecular complexity index is 1130. The first-order valence-corrected chi connectivity index (χ1v) is 11.0. The highest BCUT2D eigenvalue weighted by molar-refractivity contribution is 7.20. The van der Waals surface area contributed by atoms with E-state index in [0.29, 0.717) is 28.3 Å². The predicted molar refractivity (Wildman–Crippen MR) is 114 cm³/mol. The quantitative estimate of drug-likeness (QED) is 0.446. The van der Waals surface area contributed by atoms with E-state index in [-0.39, 0.29) is 12.0 Å². The molecule has 4 aromatic rings. The Morgan fingerprint density at radius 2 is 1.82 bits per heavy atom. The Balaban J connectivity index is 1.24. The number of ether oxygens (including phenoxy) is 1. The van der Waals surface area contributed by atoms with E-state index < -0.39 is 0 Å². The van der Waals surface area contributed by atoms with Crippen molar-refractivity contribution in [3.05, 3.63) is 52.5 Å². The standard InChI is InChI=1S/C20H16ClN3O2S2/c21-13-4-3-7-16-17(13)23-20(28-16)26-12-8-10-24(11-9-12)19(25)18-22-14-5-1-2-6-15(14)27-18/h1-7,12H,8-11H2. The summed E-state index contributed by atoms with van der Waals surface area (Å²) >= 11 is 9.15. The zero-order valence-electron chi connectivity index (χ0n) is 14.8. The molecule has 2 aromatic carbocycles. The Hall–Kier alpha value is -2.22. The monoisotopic (exact) mass is 429 g/mol. The van der Waals surface area contributed by atoms with Crippen LogP contribution in [0.25, 0.3) is 20.4 Å². The number of halogens is 1. The van der Waals surface area contributed by atoms with Crippen molar-refractivity contribution in [1.82, 2.24) is 14.9 Å². The first-order valence-electron chi connectivity index (χ1n) is 9.04. The van der Waals surface area contributed by atoms with E-state index in [1.165, 1.54) is 22.7 Å². The number of carbonyl (C=O) groups excluding carboxylic acids is 1. The second-order valence-corrected chi connectivity index (χ2v) is 9.09. The number of thiazole rings is 2. The van der Waals surface area contributed by atoms with Crippen LogP contribution in [0.2, 0.25) is 5.02 Å². The average Bonchev–Trinajstić information content (AvgIpc) is 3.32. The molecule has 142 valence electrons. The number of amides is 1. The minimum atomic E-state index is 0.00594. The van der Waals surface area contributed by atoms with E-state index in [1.54, 1.807) is 0 Å². The maximum absolute atomic E-state index is 12.8. The molecule has 0 radical (unpaired) electrons. The van der Waals surface area contributed by atoms with Crippen LogP contribution in [0, 0.1) is 0 Å². The number of hydrogen-bond acceptors (Lipinski definition) is 6. The van der Waals surface area contributed by atoms with Gasteiger partial charge in [0.15, 0.2) is 5.01 Å². The normalized spacial score (nSPS) is 15.4. The maximum atomic E-state index is 12.8. The van der Waals surface area contributed by atoms with Crippen LogP contribution in [0.4, 0.5) is 0 Å². The maximum Gasteiger partial charge on any atom is 0.282 e. The highest BCUT2D eigenvalue weighted by Crippen LogP contribution is 2.33. The zero-order valence-corrected chi connectivity index (χ0v) is 17.2. The van der Waals surface area contributed by atoms with Gasteiger partial charge in [-0.15, -0.1) is 11.3 Å². The number of likely N-dealkylation sites (tertiary alicyclic amines) is 1. The molecule has 0 unspecified atom stereocenters. The van der Waals surface area contributed by atoms with Crippen molar-refractivity contribution in [3.8, 4) is 5.19 Å². The molecule has 0 spiro atoms. The van der Waals surface area contributed by atoms with Gasteiger partial charge < -0.3 is 9.64 Å². The molecule has 1 amide bonds. The highest BCUT2D eigenvalue weighted by atomic mass is 35.5. The van der Waals surface area contributed by atoms with Gasteiger partial charge in [0.05, 0.1) is 19.9 Å². The fourth-order valence-electron chi connectivity index (χ4n) is 3.36. The van der Waals surface area contributed by atoms with Crippen molar-refractivity contribution >= 4 is 60.6 Å². The Morgan fingerprint density at radius 1 is 1.04 bits per heavy atom. The van der Waals surface area contributed by atoms with E-state index in [4.69, 9.17) is 16.3 Å². The lowest BCUT2D eigenvalue weighted by Crippen LogP contribution is -2.41. The van der Waals surface area contributed by atoms with Gasteiger partial charge in [0, 0.05) is 25.9 Å². The number of carbonyl (C=O) groups is 1. The molecule has 0 aliphatic carbocycles. The van der Waals surface area contributed by atoms with E-state index >= 15 is 0 Å². The van der Waals surface area contributed by atoms with Crippen molar-refractivity contribution in [2.45, 2.75) is 18.9 Å². The predicted octanol–water partition coefficient (Wildman–Crippen LogP) is 5.24. The van der Waals surface area contributed by atoms with Crippen LogP contribution in [0.1, 0.15) is 22.6 Å². The van der Waals surface area contributed by atoms with E-state index in [9.17, 15) is 4.79 Å². The first-order chi connectivity index (χ1) is 13.7. The molecular weight excluding hydrogens is 414 g/mol. The topological polar surface area (TPSA) is 55.3 Å². The summed E-state index contributed by atoms with van der Waals surface area (Å²) in [5.74, 6) is 0.00594. The smallest absolute Gasteiger partial charge is 0.282 e. The summed E-state index contributed by atoms with van der Waals surface area (Å²) in [7, 11) is 0. The van der Waals surface area contributed by atoms with Crippen LogP contribution in [0.15, 0.2) is 42.5 Å². The molecule has 5 nitrogen and oxygen atoms in total. The minimum Gasteiger partial charge on any atom is -0.467 e. The van der Waals surface area contributed by atoms with Crippen molar-refractivity contribution < 1.29 is 9.53 Å². The molecule has 0 saturated carbocycles. The molecule has 0 atom stereocenters. The summed E-state index contributed by atoms with van der Waals surface area (Å²) in [4.78, 5) is 23.7. The van der Waals surface area contributed by atoms with Crippen LogP contribution in [0.3, 0.4) is 0 Å². The van der Waals surface area contributed by atoms with Gasteiger partial charge in [-0.05, 0) is 24.3 Å². The third-order valence-electron chi connectivity index (χ3n) is 4.82. The van der Waals surface area contributed by atoms with Crippen molar-refractivity contribution in [3.63, 3.8) is 0 Å². The molecule has 1 saturated heterocycles. The zero-order chi connectivity index (χ0) is 19.1. The van der Waals surface area contributed by atoms with Crippen molar-refractivity contribution in [2.75, 3.05) is 13.1 Å².